The Morgan fingerprint density at radius 1 is 1.18 bits per heavy atom. The number of carboxylic acid groups (broad SMARTS) is 1. The second-order valence-electron chi connectivity index (χ2n) is 8.04. The Bertz CT molecular complexity index is 1250. The van der Waals surface area contributed by atoms with Crippen molar-refractivity contribution in [2.45, 2.75) is 38.5 Å². The minimum Gasteiger partial charge on any atom is -0.506 e. The Morgan fingerprint density at radius 3 is 2.33 bits per heavy atom. The maximum absolute atomic E-state index is 13.4. The van der Waals surface area contributed by atoms with Gasteiger partial charge in [0.2, 0.25) is 0 Å². The molecule has 1 saturated carbocycles. The van der Waals surface area contributed by atoms with Crippen molar-refractivity contribution in [3.63, 3.8) is 0 Å². The van der Waals surface area contributed by atoms with E-state index in [4.69, 9.17) is 11.6 Å². The van der Waals surface area contributed by atoms with Gasteiger partial charge < -0.3 is 14.9 Å². The molecule has 1 atom stereocenters. The van der Waals surface area contributed by atoms with E-state index in [1.54, 1.807) is 6.92 Å². The van der Waals surface area contributed by atoms with E-state index in [1.807, 2.05) is 0 Å². The van der Waals surface area contributed by atoms with Gasteiger partial charge in [-0.15, -0.1) is 13.2 Å². The Hall–Kier alpha value is -3.20. The Morgan fingerprint density at radius 2 is 1.82 bits per heavy atom. The molecular formula is C23H19ClF3NO5. The summed E-state index contributed by atoms with van der Waals surface area (Å²) in [6, 6.07) is 7.15. The molecule has 0 amide bonds. The predicted molar refractivity (Wildman–Crippen MR) is 114 cm³/mol. The van der Waals surface area contributed by atoms with Gasteiger partial charge in [0.05, 0.1) is 16.5 Å². The number of phenolic OH excluding ortho intramolecular Hbond substituents is 1. The van der Waals surface area contributed by atoms with Crippen LogP contribution in [0.4, 0.5) is 13.2 Å². The zero-order valence-corrected chi connectivity index (χ0v) is 18.1. The number of alkyl halides is 3. The Labute approximate surface area is 191 Å². The van der Waals surface area contributed by atoms with E-state index in [-0.39, 0.29) is 22.3 Å². The molecule has 3 aromatic rings. The number of phenols is 1. The normalized spacial score (nSPS) is 15.3. The summed E-state index contributed by atoms with van der Waals surface area (Å²) in [6.45, 7) is 1.61. The first-order valence-corrected chi connectivity index (χ1v) is 10.5. The summed E-state index contributed by atoms with van der Waals surface area (Å²) in [5, 5.41) is 20.5. The van der Waals surface area contributed by atoms with Gasteiger partial charge in [-0.25, -0.2) is 0 Å². The number of carboxylic acids is 1. The van der Waals surface area contributed by atoms with Crippen molar-refractivity contribution in [3.8, 4) is 11.5 Å². The van der Waals surface area contributed by atoms with Gasteiger partial charge in [-0.1, -0.05) is 18.0 Å². The van der Waals surface area contributed by atoms with Crippen molar-refractivity contribution in [2.24, 2.45) is 5.92 Å². The first-order valence-electron chi connectivity index (χ1n) is 10.1. The van der Waals surface area contributed by atoms with E-state index in [1.165, 1.54) is 28.8 Å². The molecule has 2 N–H and O–H groups in total. The van der Waals surface area contributed by atoms with Crippen LogP contribution in [0.15, 0.2) is 36.4 Å². The van der Waals surface area contributed by atoms with Gasteiger partial charge in [0, 0.05) is 16.6 Å². The Balaban J connectivity index is 1.85. The molecule has 4 rings (SSSR count). The molecule has 0 saturated heterocycles. The summed E-state index contributed by atoms with van der Waals surface area (Å²) in [5.74, 6) is -3.32. The maximum Gasteiger partial charge on any atom is 0.573 e. The lowest BCUT2D eigenvalue weighted by atomic mass is 9.72. The molecule has 2 aromatic carbocycles. The number of benzene rings is 2. The number of hydrogen-bond acceptors (Lipinski definition) is 4. The second-order valence-corrected chi connectivity index (χ2v) is 8.45. The van der Waals surface area contributed by atoms with Crippen LogP contribution < -0.4 is 4.74 Å². The van der Waals surface area contributed by atoms with Gasteiger partial charge in [-0.2, -0.15) is 0 Å². The number of aliphatic carboxylic acids is 1. The number of hydrogen-bond donors (Lipinski definition) is 2. The summed E-state index contributed by atoms with van der Waals surface area (Å²) in [5.41, 5.74) is 1.15. The van der Waals surface area contributed by atoms with Crippen molar-refractivity contribution >= 4 is 34.4 Å². The van der Waals surface area contributed by atoms with Crippen LogP contribution in [-0.4, -0.2) is 33.0 Å². The van der Waals surface area contributed by atoms with Crippen LogP contribution in [0.2, 0.25) is 5.02 Å². The molecule has 10 heteroatoms. The van der Waals surface area contributed by atoms with Crippen LogP contribution in [0.3, 0.4) is 0 Å². The predicted octanol–water partition coefficient (Wildman–Crippen LogP) is 5.86. The average molecular weight is 482 g/mol. The molecule has 1 aromatic heterocycles. The van der Waals surface area contributed by atoms with Gasteiger partial charge in [0.25, 0.3) is 5.91 Å². The lowest BCUT2D eigenvalue weighted by molar-refractivity contribution is -0.274. The van der Waals surface area contributed by atoms with Crippen LogP contribution in [0.1, 0.15) is 46.8 Å². The molecule has 0 spiro atoms. The molecule has 1 fully saturated rings. The molecule has 33 heavy (non-hydrogen) atoms. The van der Waals surface area contributed by atoms with Crippen molar-refractivity contribution < 1.29 is 37.7 Å². The van der Waals surface area contributed by atoms with E-state index >= 15 is 0 Å². The highest BCUT2D eigenvalue weighted by Gasteiger charge is 2.38. The molecule has 1 aliphatic rings. The number of carbonyl (C=O) groups excluding carboxylic acids is 1. The molecule has 1 heterocycles. The zero-order valence-electron chi connectivity index (χ0n) is 17.3. The molecule has 0 bridgehead atoms. The lowest BCUT2D eigenvalue weighted by Crippen LogP contribution is -2.27. The van der Waals surface area contributed by atoms with Gasteiger partial charge in [0.15, 0.2) is 0 Å². The van der Waals surface area contributed by atoms with Crippen molar-refractivity contribution in [1.29, 1.82) is 0 Å². The van der Waals surface area contributed by atoms with E-state index < -0.39 is 29.9 Å². The third-order valence-corrected chi connectivity index (χ3v) is 6.36. The minimum atomic E-state index is -4.86. The summed E-state index contributed by atoms with van der Waals surface area (Å²) >= 11 is 6.08. The number of carbonyl (C=O) groups is 2. The lowest BCUT2D eigenvalue weighted by Gasteiger charge is -2.31. The fourth-order valence-electron chi connectivity index (χ4n) is 4.36. The van der Waals surface area contributed by atoms with Gasteiger partial charge >= 0.3 is 12.3 Å². The maximum atomic E-state index is 13.4. The molecular weight excluding hydrogens is 463 g/mol. The highest BCUT2D eigenvalue weighted by Crippen LogP contribution is 2.45. The fourth-order valence-corrected chi connectivity index (χ4v) is 4.52. The second kappa shape index (κ2) is 8.30. The van der Waals surface area contributed by atoms with E-state index in [9.17, 15) is 33.0 Å². The quantitative estimate of drug-likeness (QED) is 0.476. The number of ether oxygens (including phenoxy) is 1. The molecule has 0 radical (unpaired) electrons. The van der Waals surface area contributed by atoms with E-state index in [2.05, 4.69) is 4.74 Å². The van der Waals surface area contributed by atoms with E-state index in [0.29, 0.717) is 22.2 Å². The fraction of sp³-hybridized carbons (Fsp3) is 0.304. The number of nitrogens with zero attached hydrogens (tertiary/aromatic N) is 1. The third kappa shape index (κ3) is 4.25. The van der Waals surface area contributed by atoms with Crippen molar-refractivity contribution in [3.05, 3.63) is 58.2 Å². The molecule has 1 aliphatic carbocycles. The summed E-state index contributed by atoms with van der Waals surface area (Å²) in [4.78, 5) is 25.6. The van der Waals surface area contributed by atoms with Crippen LogP contribution in [0.25, 0.3) is 10.9 Å². The average Bonchev–Trinajstić information content (AvgIpc) is 2.94. The monoisotopic (exact) mass is 481 g/mol. The molecule has 0 aliphatic heterocycles. The summed E-state index contributed by atoms with van der Waals surface area (Å²) in [6.07, 6.45) is -2.48. The van der Waals surface area contributed by atoms with Gasteiger partial charge in [-0.3, -0.25) is 14.2 Å². The SMILES string of the molecule is Cc1c(C(C(=O)O)C2CCC2)c2cc(O)c(Cl)cc2n1C(=O)c1ccc(OC(F)(F)F)cc1. The Kier molecular flexibility index (Phi) is 5.78. The summed E-state index contributed by atoms with van der Waals surface area (Å²) < 4.78 is 42.4. The van der Waals surface area contributed by atoms with Crippen LogP contribution in [0, 0.1) is 12.8 Å². The number of halogens is 4. The van der Waals surface area contributed by atoms with Crippen LogP contribution in [-0.2, 0) is 4.79 Å². The summed E-state index contributed by atoms with van der Waals surface area (Å²) in [7, 11) is 0. The molecule has 6 nitrogen and oxygen atoms in total. The van der Waals surface area contributed by atoms with Crippen LogP contribution >= 0.6 is 11.6 Å². The first-order chi connectivity index (χ1) is 15.5. The molecule has 174 valence electrons. The third-order valence-electron chi connectivity index (χ3n) is 6.06. The smallest absolute Gasteiger partial charge is 0.506 e. The number of fused-ring (bicyclic) bond motifs is 1. The molecule has 1 unspecified atom stereocenters. The highest BCUT2D eigenvalue weighted by molar-refractivity contribution is 6.33. The standard InChI is InChI=1S/C23H19ClF3NO5/c1-11-19(20(22(31)32)12-3-2-4-12)15-9-18(29)16(24)10-17(15)28(11)21(30)13-5-7-14(8-6-13)33-23(25,26)27/h5-10,12,20,29H,2-4H2,1H3,(H,31,32). The van der Waals surface area contributed by atoms with E-state index in [0.717, 1.165) is 31.4 Å². The minimum absolute atomic E-state index is 0.0231. The van der Waals surface area contributed by atoms with Gasteiger partial charge in [-0.05, 0) is 67.6 Å². The highest BCUT2D eigenvalue weighted by atomic mass is 35.5. The van der Waals surface area contributed by atoms with Crippen molar-refractivity contribution in [1.82, 2.24) is 4.57 Å². The van der Waals surface area contributed by atoms with Gasteiger partial charge in [0.1, 0.15) is 11.5 Å². The number of aromatic nitrogens is 1. The van der Waals surface area contributed by atoms with Crippen LogP contribution in [0.5, 0.6) is 11.5 Å². The van der Waals surface area contributed by atoms with Crippen molar-refractivity contribution in [2.75, 3.05) is 0 Å². The number of rotatable bonds is 5. The largest absolute Gasteiger partial charge is 0.573 e. The number of aromatic hydroxyl groups is 1. The zero-order chi connectivity index (χ0) is 24.1. The first kappa shape index (κ1) is 23.0. The topological polar surface area (TPSA) is 88.8 Å².